The number of fused-ring (bicyclic) bond motifs is 1. The molecule has 2 aromatic carbocycles. The lowest BCUT2D eigenvalue weighted by Gasteiger charge is -2.28. The lowest BCUT2D eigenvalue weighted by molar-refractivity contribution is -0.117. The number of nitrogens with zero attached hydrogens (tertiary/aromatic N) is 2. The van der Waals surface area contributed by atoms with E-state index in [2.05, 4.69) is 10.5 Å². The molecule has 1 aliphatic rings. The Morgan fingerprint density at radius 1 is 1.22 bits per heavy atom. The second-order valence-corrected chi connectivity index (χ2v) is 7.52. The van der Waals surface area contributed by atoms with Crippen LogP contribution in [-0.4, -0.2) is 35.6 Å². The highest BCUT2D eigenvalue weighted by Crippen LogP contribution is 2.37. The van der Waals surface area contributed by atoms with Crippen LogP contribution >= 0.6 is 0 Å². The van der Waals surface area contributed by atoms with Crippen molar-refractivity contribution in [2.75, 3.05) is 19.0 Å². The number of ether oxygens (including phenoxy) is 2. The van der Waals surface area contributed by atoms with Crippen LogP contribution in [0, 0.1) is 6.92 Å². The molecule has 0 aliphatic carbocycles. The molecule has 4 rings (SSSR count). The molecule has 166 valence electrons. The van der Waals surface area contributed by atoms with Gasteiger partial charge in [0.2, 0.25) is 5.91 Å². The second kappa shape index (κ2) is 9.13. The van der Waals surface area contributed by atoms with Crippen LogP contribution < -0.4 is 14.8 Å². The number of amides is 2. The predicted molar refractivity (Wildman–Crippen MR) is 118 cm³/mol. The summed E-state index contributed by atoms with van der Waals surface area (Å²) < 4.78 is 16.1. The first-order valence-electron chi connectivity index (χ1n) is 10.4. The fourth-order valence-corrected chi connectivity index (χ4v) is 3.90. The van der Waals surface area contributed by atoms with Gasteiger partial charge in [0.05, 0.1) is 26.2 Å². The molecule has 0 bridgehead atoms. The summed E-state index contributed by atoms with van der Waals surface area (Å²) in [6.45, 7) is 4.56. The number of benzene rings is 2. The van der Waals surface area contributed by atoms with Gasteiger partial charge in [-0.15, -0.1) is 0 Å². The summed E-state index contributed by atoms with van der Waals surface area (Å²) in [5, 5.41) is 6.56. The summed E-state index contributed by atoms with van der Waals surface area (Å²) >= 11 is 0. The maximum Gasteiger partial charge on any atom is 0.255 e. The first kappa shape index (κ1) is 21.4. The zero-order chi connectivity index (χ0) is 22.7. The molecule has 0 fully saturated rings. The number of hydrogen-bond donors (Lipinski definition) is 1. The fourth-order valence-electron chi connectivity index (χ4n) is 3.90. The summed E-state index contributed by atoms with van der Waals surface area (Å²) in [4.78, 5) is 27.8. The van der Waals surface area contributed by atoms with Crippen LogP contribution in [0.15, 0.2) is 53.1 Å². The highest BCUT2D eigenvalue weighted by atomic mass is 16.5. The highest BCUT2D eigenvalue weighted by Gasteiger charge is 2.35. The SMILES string of the molecule is CCOc1ccc(C(CC(=O)Nc2cc(C)on2)N2Cc3ccccc3C2=O)cc1OC. The summed E-state index contributed by atoms with van der Waals surface area (Å²) in [5.74, 6) is 1.70. The van der Waals surface area contributed by atoms with Crippen LogP contribution in [0.3, 0.4) is 0 Å². The van der Waals surface area contributed by atoms with E-state index in [9.17, 15) is 9.59 Å². The van der Waals surface area contributed by atoms with Crippen molar-refractivity contribution < 1.29 is 23.6 Å². The number of carbonyl (C=O) groups excluding carboxylic acids is 2. The molecule has 8 heteroatoms. The van der Waals surface area contributed by atoms with Gasteiger partial charge in [-0.3, -0.25) is 9.59 Å². The molecule has 0 saturated carbocycles. The van der Waals surface area contributed by atoms with E-state index in [0.717, 1.165) is 11.1 Å². The third-order valence-corrected chi connectivity index (χ3v) is 5.37. The van der Waals surface area contributed by atoms with E-state index in [1.54, 1.807) is 31.1 Å². The van der Waals surface area contributed by atoms with Crippen molar-refractivity contribution in [1.82, 2.24) is 10.1 Å². The van der Waals surface area contributed by atoms with Gasteiger partial charge < -0.3 is 24.2 Å². The molecule has 0 saturated heterocycles. The normalized spacial score (nSPS) is 13.6. The lowest BCUT2D eigenvalue weighted by Crippen LogP contribution is -2.32. The third-order valence-electron chi connectivity index (χ3n) is 5.37. The van der Waals surface area contributed by atoms with Crippen molar-refractivity contribution in [2.45, 2.75) is 32.9 Å². The minimum Gasteiger partial charge on any atom is -0.493 e. The number of anilines is 1. The Balaban J connectivity index is 1.65. The lowest BCUT2D eigenvalue weighted by atomic mass is 10.0. The minimum atomic E-state index is -0.507. The summed E-state index contributed by atoms with van der Waals surface area (Å²) in [7, 11) is 1.56. The average Bonchev–Trinajstić information content (AvgIpc) is 3.35. The molecule has 1 aliphatic heterocycles. The van der Waals surface area contributed by atoms with Crippen LogP contribution in [0.1, 0.15) is 46.6 Å². The molecule has 2 amide bonds. The summed E-state index contributed by atoms with van der Waals surface area (Å²) in [5.41, 5.74) is 2.37. The van der Waals surface area contributed by atoms with Crippen molar-refractivity contribution in [3.63, 3.8) is 0 Å². The van der Waals surface area contributed by atoms with Crippen molar-refractivity contribution in [3.8, 4) is 11.5 Å². The molecule has 32 heavy (non-hydrogen) atoms. The Morgan fingerprint density at radius 3 is 2.72 bits per heavy atom. The quantitative estimate of drug-likeness (QED) is 0.572. The molecule has 8 nitrogen and oxygen atoms in total. The first-order chi connectivity index (χ1) is 15.5. The van der Waals surface area contributed by atoms with Gasteiger partial charge in [0.1, 0.15) is 5.76 Å². The van der Waals surface area contributed by atoms with Gasteiger partial charge in [-0.1, -0.05) is 29.4 Å². The van der Waals surface area contributed by atoms with Gasteiger partial charge >= 0.3 is 0 Å². The monoisotopic (exact) mass is 435 g/mol. The van der Waals surface area contributed by atoms with E-state index in [0.29, 0.717) is 41.8 Å². The topological polar surface area (TPSA) is 93.9 Å². The zero-order valence-electron chi connectivity index (χ0n) is 18.3. The van der Waals surface area contributed by atoms with Gasteiger partial charge in [0, 0.05) is 18.2 Å². The number of aryl methyl sites for hydroxylation is 1. The molecule has 2 heterocycles. The van der Waals surface area contributed by atoms with Gasteiger partial charge in [-0.2, -0.15) is 0 Å². The van der Waals surface area contributed by atoms with Gasteiger partial charge in [0.25, 0.3) is 5.91 Å². The third kappa shape index (κ3) is 4.30. The zero-order valence-corrected chi connectivity index (χ0v) is 18.3. The maximum absolute atomic E-state index is 13.2. The second-order valence-electron chi connectivity index (χ2n) is 7.52. The van der Waals surface area contributed by atoms with Crippen molar-refractivity contribution in [3.05, 3.63) is 71.0 Å². The van der Waals surface area contributed by atoms with Gasteiger partial charge in [-0.25, -0.2) is 0 Å². The number of rotatable bonds is 8. The molecule has 3 aromatic rings. The summed E-state index contributed by atoms with van der Waals surface area (Å²) in [6.07, 6.45) is 0.0444. The first-order valence-corrected chi connectivity index (χ1v) is 10.4. The Kier molecular flexibility index (Phi) is 6.11. The number of aromatic nitrogens is 1. The molecule has 0 spiro atoms. The van der Waals surface area contributed by atoms with E-state index < -0.39 is 6.04 Å². The Bertz CT molecular complexity index is 1140. The molecule has 1 N–H and O–H groups in total. The van der Waals surface area contributed by atoms with Crippen LogP contribution in [0.2, 0.25) is 0 Å². The smallest absolute Gasteiger partial charge is 0.255 e. The van der Waals surface area contributed by atoms with Gasteiger partial charge in [-0.05, 0) is 43.2 Å². The molecular formula is C24H25N3O5. The molecule has 1 aromatic heterocycles. The number of hydrogen-bond acceptors (Lipinski definition) is 6. The van der Waals surface area contributed by atoms with Gasteiger partial charge in [0.15, 0.2) is 17.3 Å². The average molecular weight is 435 g/mol. The maximum atomic E-state index is 13.2. The van der Waals surface area contributed by atoms with E-state index >= 15 is 0 Å². The van der Waals surface area contributed by atoms with E-state index in [-0.39, 0.29) is 18.2 Å². The van der Waals surface area contributed by atoms with Crippen molar-refractivity contribution >= 4 is 17.6 Å². The van der Waals surface area contributed by atoms with E-state index in [1.807, 2.05) is 43.3 Å². The largest absolute Gasteiger partial charge is 0.493 e. The Morgan fingerprint density at radius 2 is 2.03 bits per heavy atom. The van der Waals surface area contributed by atoms with Crippen LogP contribution in [0.5, 0.6) is 11.5 Å². The highest BCUT2D eigenvalue weighted by molar-refractivity contribution is 5.99. The van der Waals surface area contributed by atoms with E-state index in [1.165, 1.54) is 0 Å². The van der Waals surface area contributed by atoms with Crippen LogP contribution in [0.25, 0.3) is 0 Å². The van der Waals surface area contributed by atoms with E-state index in [4.69, 9.17) is 14.0 Å². The number of methoxy groups -OCH3 is 1. The minimum absolute atomic E-state index is 0.0444. The molecule has 1 atom stereocenters. The van der Waals surface area contributed by atoms with Crippen molar-refractivity contribution in [1.29, 1.82) is 0 Å². The Hall–Kier alpha value is -3.81. The fraction of sp³-hybridized carbons (Fsp3) is 0.292. The number of nitrogens with one attached hydrogen (secondary N) is 1. The summed E-state index contributed by atoms with van der Waals surface area (Å²) in [6, 6.07) is 14.1. The molecule has 1 unspecified atom stereocenters. The van der Waals surface area contributed by atoms with Crippen LogP contribution in [0.4, 0.5) is 5.82 Å². The van der Waals surface area contributed by atoms with Crippen LogP contribution in [-0.2, 0) is 11.3 Å². The standard InChI is InChI=1S/C24H25N3O5/c1-4-31-20-10-9-16(12-21(20)30-3)19(13-23(28)25-22-11-15(2)32-26-22)27-14-17-7-5-6-8-18(17)24(27)29/h5-12,19H,4,13-14H2,1-3H3,(H,25,26,28). The molecule has 0 radical (unpaired) electrons. The number of carbonyl (C=O) groups is 2. The molecular weight excluding hydrogens is 410 g/mol. The Labute approximate surface area is 186 Å². The van der Waals surface area contributed by atoms with Crippen molar-refractivity contribution in [2.24, 2.45) is 0 Å². The predicted octanol–water partition coefficient (Wildman–Crippen LogP) is 4.12.